The molecule has 0 saturated carbocycles. The van der Waals surface area contributed by atoms with Gasteiger partial charge in [0.2, 0.25) is 0 Å². The summed E-state index contributed by atoms with van der Waals surface area (Å²) in [5.74, 6) is 5.51. The number of unbranched alkanes of at least 4 members (excludes halogenated alkanes) is 2. The number of hydrogen-bond acceptors (Lipinski definition) is 3. The molecule has 0 aliphatic carbocycles. The van der Waals surface area contributed by atoms with Crippen LogP contribution in [0.2, 0.25) is 5.02 Å². The summed E-state index contributed by atoms with van der Waals surface area (Å²) in [5.41, 5.74) is 2.83. The quantitative estimate of drug-likeness (QED) is 0.448. The van der Waals surface area contributed by atoms with E-state index in [1.54, 1.807) is 11.3 Å². The Morgan fingerprint density at radius 1 is 1.57 bits per heavy atom. The maximum atomic E-state index is 6.04. The van der Waals surface area contributed by atoms with Gasteiger partial charge in [-0.25, -0.2) is 0 Å². The molecule has 80 valence electrons. The number of halogens is 1. The first kappa shape index (κ1) is 12.0. The van der Waals surface area contributed by atoms with Gasteiger partial charge < -0.3 is 0 Å². The van der Waals surface area contributed by atoms with Crippen LogP contribution in [0.4, 0.5) is 0 Å². The van der Waals surface area contributed by atoms with Crippen molar-refractivity contribution in [2.24, 2.45) is 5.84 Å². The molecule has 14 heavy (non-hydrogen) atoms. The summed E-state index contributed by atoms with van der Waals surface area (Å²) >= 11 is 7.71. The van der Waals surface area contributed by atoms with E-state index in [4.69, 9.17) is 17.4 Å². The third-order valence-electron chi connectivity index (χ3n) is 2.26. The molecular weight excluding hydrogens is 216 g/mol. The topological polar surface area (TPSA) is 38.0 Å². The van der Waals surface area contributed by atoms with E-state index < -0.39 is 0 Å². The molecule has 0 saturated heterocycles. The van der Waals surface area contributed by atoms with Crippen LogP contribution in [0.25, 0.3) is 0 Å². The van der Waals surface area contributed by atoms with Crippen LogP contribution in [0.5, 0.6) is 0 Å². The fourth-order valence-electron chi connectivity index (χ4n) is 1.44. The van der Waals surface area contributed by atoms with Gasteiger partial charge in [-0.15, -0.1) is 11.3 Å². The molecule has 0 bridgehead atoms. The van der Waals surface area contributed by atoms with Crippen molar-refractivity contribution >= 4 is 22.9 Å². The second kappa shape index (κ2) is 6.40. The number of nitrogens with one attached hydrogen (secondary N) is 1. The number of hydrazine groups is 1. The molecule has 0 aliphatic heterocycles. The number of thiophene rings is 1. The van der Waals surface area contributed by atoms with Gasteiger partial charge in [-0.3, -0.25) is 11.3 Å². The van der Waals surface area contributed by atoms with E-state index in [1.807, 2.05) is 11.4 Å². The van der Waals surface area contributed by atoms with Crippen molar-refractivity contribution < 1.29 is 0 Å². The molecule has 2 nitrogen and oxygen atoms in total. The highest BCUT2D eigenvalue weighted by Gasteiger charge is 2.13. The van der Waals surface area contributed by atoms with Crippen LogP contribution < -0.4 is 11.3 Å². The molecule has 1 heterocycles. The van der Waals surface area contributed by atoms with E-state index in [0.29, 0.717) is 0 Å². The summed E-state index contributed by atoms with van der Waals surface area (Å²) in [6, 6.07) is 2.14. The van der Waals surface area contributed by atoms with E-state index in [9.17, 15) is 0 Å². The highest BCUT2D eigenvalue weighted by molar-refractivity contribution is 7.10. The Balaban J connectivity index is 2.50. The molecule has 1 aromatic heterocycles. The van der Waals surface area contributed by atoms with Gasteiger partial charge in [-0.1, -0.05) is 37.8 Å². The Kier molecular flexibility index (Phi) is 5.48. The summed E-state index contributed by atoms with van der Waals surface area (Å²) in [7, 11) is 0. The molecule has 0 aromatic carbocycles. The molecule has 0 radical (unpaired) electrons. The average Bonchev–Trinajstić information content (AvgIpc) is 2.60. The predicted molar refractivity (Wildman–Crippen MR) is 63.5 cm³/mol. The molecule has 1 atom stereocenters. The first-order valence-corrected chi connectivity index (χ1v) is 6.24. The maximum Gasteiger partial charge on any atom is 0.0568 e. The zero-order chi connectivity index (χ0) is 10.4. The Morgan fingerprint density at radius 3 is 2.86 bits per heavy atom. The minimum Gasteiger partial charge on any atom is -0.271 e. The molecule has 3 N–H and O–H groups in total. The fourth-order valence-corrected chi connectivity index (χ4v) is 2.73. The lowest BCUT2D eigenvalue weighted by Gasteiger charge is -2.14. The standard InChI is InChI=1S/C10H17ClN2S/c1-2-3-4-5-9(13-12)10-8(11)6-7-14-10/h6-7,9,13H,2-5,12H2,1H3. The highest BCUT2D eigenvalue weighted by atomic mass is 35.5. The van der Waals surface area contributed by atoms with Crippen molar-refractivity contribution in [3.63, 3.8) is 0 Å². The Morgan fingerprint density at radius 2 is 2.36 bits per heavy atom. The lowest BCUT2D eigenvalue weighted by molar-refractivity contribution is 0.493. The SMILES string of the molecule is CCCCCC(NN)c1sccc1Cl. The Hall–Kier alpha value is -0.0900. The average molecular weight is 233 g/mol. The van der Waals surface area contributed by atoms with Crippen LogP contribution in [0.3, 0.4) is 0 Å². The summed E-state index contributed by atoms with van der Waals surface area (Å²) in [6.45, 7) is 2.20. The molecule has 1 unspecified atom stereocenters. The van der Waals surface area contributed by atoms with Crippen molar-refractivity contribution in [3.05, 3.63) is 21.3 Å². The second-order valence-electron chi connectivity index (χ2n) is 3.35. The normalized spacial score (nSPS) is 13.1. The first-order chi connectivity index (χ1) is 6.79. The zero-order valence-electron chi connectivity index (χ0n) is 8.42. The molecule has 1 aromatic rings. The van der Waals surface area contributed by atoms with Crippen LogP contribution in [-0.4, -0.2) is 0 Å². The molecule has 0 amide bonds. The van der Waals surface area contributed by atoms with Gasteiger partial charge in [0, 0.05) is 4.88 Å². The summed E-state index contributed by atoms with van der Waals surface area (Å²) in [5, 5.41) is 2.83. The summed E-state index contributed by atoms with van der Waals surface area (Å²) in [6.07, 6.45) is 4.74. The van der Waals surface area contributed by atoms with Gasteiger partial charge >= 0.3 is 0 Å². The summed E-state index contributed by atoms with van der Waals surface area (Å²) < 4.78 is 0. The molecule has 0 spiro atoms. The van der Waals surface area contributed by atoms with E-state index in [2.05, 4.69) is 12.3 Å². The molecule has 1 rings (SSSR count). The number of hydrogen-bond donors (Lipinski definition) is 2. The van der Waals surface area contributed by atoms with Crippen molar-refractivity contribution in [2.75, 3.05) is 0 Å². The molecular formula is C10H17ClN2S. The minimum absolute atomic E-state index is 0.217. The largest absolute Gasteiger partial charge is 0.271 e. The van der Waals surface area contributed by atoms with E-state index >= 15 is 0 Å². The van der Waals surface area contributed by atoms with Gasteiger partial charge in [0.1, 0.15) is 0 Å². The van der Waals surface area contributed by atoms with E-state index in [0.717, 1.165) is 16.3 Å². The van der Waals surface area contributed by atoms with Gasteiger partial charge in [0.05, 0.1) is 11.1 Å². The summed E-state index contributed by atoms with van der Waals surface area (Å²) in [4.78, 5) is 1.16. The van der Waals surface area contributed by atoms with Gasteiger partial charge in [-0.2, -0.15) is 0 Å². The minimum atomic E-state index is 0.217. The van der Waals surface area contributed by atoms with Crippen LogP contribution >= 0.6 is 22.9 Å². The van der Waals surface area contributed by atoms with Gasteiger partial charge in [0.25, 0.3) is 0 Å². The van der Waals surface area contributed by atoms with E-state index in [-0.39, 0.29) is 6.04 Å². The maximum absolute atomic E-state index is 6.04. The van der Waals surface area contributed by atoms with Crippen LogP contribution in [0.15, 0.2) is 11.4 Å². The van der Waals surface area contributed by atoms with Crippen LogP contribution in [0, 0.1) is 0 Å². The lowest BCUT2D eigenvalue weighted by atomic mass is 10.1. The van der Waals surface area contributed by atoms with Crippen LogP contribution in [-0.2, 0) is 0 Å². The van der Waals surface area contributed by atoms with Crippen molar-refractivity contribution in [2.45, 2.75) is 38.6 Å². The Labute approximate surface area is 94.4 Å². The molecule has 4 heteroatoms. The smallest absolute Gasteiger partial charge is 0.0568 e. The lowest BCUT2D eigenvalue weighted by Crippen LogP contribution is -2.27. The molecule has 0 aliphatic rings. The van der Waals surface area contributed by atoms with Gasteiger partial charge in [-0.05, 0) is 17.9 Å². The van der Waals surface area contributed by atoms with Crippen molar-refractivity contribution in [3.8, 4) is 0 Å². The monoisotopic (exact) mass is 232 g/mol. The van der Waals surface area contributed by atoms with Crippen LogP contribution in [0.1, 0.15) is 43.5 Å². The zero-order valence-corrected chi connectivity index (χ0v) is 10.00. The van der Waals surface area contributed by atoms with Gasteiger partial charge in [0.15, 0.2) is 0 Å². The number of nitrogens with two attached hydrogens (primary N) is 1. The number of rotatable bonds is 6. The second-order valence-corrected chi connectivity index (χ2v) is 4.70. The van der Waals surface area contributed by atoms with E-state index in [1.165, 1.54) is 19.3 Å². The predicted octanol–water partition coefficient (Wildman–Crippen LogP) is 3.49. The third kappa shape index (κ3) is 3.24. The van der Waals surface area contributed by atoms with Crippen molar-refractivity contribution in [1.29, 1.82) is 0 Å². The molecule has 0 fully saturated rings. The fraction of sp³-hybridized carbons (Fsp3) is 0.600. The third-order valence-corrected chi connectivity index (χ3v) is 3.73. The Bertz CT molecular complexity index is 262. The van der Waals surface area contributed by atoms with Crippen molar-refractivity contribution in [1.82, 2.24) is 5.43 Å². The first-order valence-electron chi connectivity index (χ1n) is 4.98. The highest BCUT2D eigenvalue weighted by Crippen LogP contribution is 2.31.